The quantitative estimate of drug-likeness (QED) is 0.315. The van der Waals surface area contributed by atoms with Crippen molar-refractivity contribution in [3.8, 4) is 5.75 Å². The smallest absolute Gasteiger partial charge is 0.344 e. The Hall–Kier alpha value is -2.74. The third kappa shape index (κ3) is 4.63. The van der Waals surface area contributed by atoms with Crippen LogP contribution in [0.25, 0.3) is 0 Å². The summed E-state index contributed by atoms with van der Waals surface area (Å²) in [5, 5.41) is 10.8. The fourth-order valence-electron chi connectivity index (χ4n) is 1.84. The molecule has 0 amide bonds. The molecule has 0 fully saturated rings. The van der Waals surface area contributed by atoms with Gasteiger partial charge in [-0.1, -0.05) is 19.1 Å². The number of ether oxygens (including phenoxy) is 2. The minimum atomic E-state index is -0.770. The lowest BCUT2D eigenvalue weighted by Crippen LogP contribution is -2.19. The maximum Gasteiger partial charge on any atom is 0.344 e. The molecule has 0 N–H and O–H groups in total. The summed E-state index contributed by atoms with van der Waals surface area (Å²) < 4.78 is 9.94. The molecule has 7 nitrogen and oxygen atoms in total. The first-order chi connectivity index (χ1) is 11.5. The van der Waals surface area contributed by atoms with Gasteiger partial charge >= 0.3 is 11.7 Å². The molecule has 0 aliphatic rings. The van der Waals surface area contributed by atoms with Crippen LogP contribution in [0.5, 0.6) is 5.75 Å². The lowest BCUT2D eigenvalue weighted by Gasteiger charge is -2.06. The van der Waals surface area contributed by atoms with Crippen molar-refractivity contribution < 1.29 is 24.0 Å². The van der Waals surface area contributed by atoms with Gasteiger partial charge in [0.1, 0.15) is 0 Å². The third-order valence-corrected chi connectivity index (χ3v) is 4.33. The van der Waals surface area contributed by atoms with Crippen LogP contribution < -0.4 is 4.74 Å². The van der Waals surface area contributed by atoms with Crippen LogP contribution in [-0.2, 0) is 16.0 Å². The van der Waals surface area contributed by atoms with Gasteiger partial charge in [0, 0.05) is 10.9 Å². The predicted molar refractivity (Wildman–Crippen MR) is 87.6 cm³/mol. The zero-order chi connectivity index (χ0) is 17.5. The number of carbonyl (C=O) groups excluding carboxylic acids is 2. The molecule has 0 saturated carbocycles. The Morgan fingerprint density at radius 3 is 2.58 bits per heavy atom. The van der Waals surface area contributed by atoms with E-state index in [1.807, 2.05) is 13.0 Å². The molecule has 0 aliphatic heterocycles. The van der Waals surface area contributed by atoms with Gasteiger partial charge < -0.3 is 9.47 Å². The number of nitro benzene ring substituents is 1. The standard InChI is InChI=1S/C16H15NO6S/c1-2-11-7-8-15(24-11)13(18)9-23-16(19)10-22-14-6-4-3-5-12(14)17(20)21/h3-8H,2,9-10H2,1H3. The number of hydrogen-bond donors (Lipinski definition) is 0. The topological polar surface area (TPSA) is 95.7 Å². The summed E-state index contributed by atoms with van der Waals surface area (Å²) in [5.74, 6) is -1.09. The van der Waals surface area contributed by atoms with Gasteiger partial charge in [-0.05, 0) is 24.6 Å². The molecule has 0 spiro atoms. The van der Waals surface area contributed by atoms with E-state index in [-0.39, 0.29) is 23.8 Å². The number of hydrogen-bond acceptors (Lipinski definition) is 7. The monoisotopic (exact) mass is 349 g/mol. The van der Waals surface area contributed by atoms with Crippen LogP contribution in [0.4, 0.5) is 5.69 Å². The summed E-state index contributed by atoms with van der Waals surface area (Å²) in [5.41, 5.74) is -0.243. The number of thiophene rings is 1. The molecule has 0 unspecified atom stereocenters. The molecule has 0 radical (unpaired) electrons. The number of aryl methyl sites for hydroxylation is 1. The van der Waals surface area contributed by atoms with E-state index in [0.717, 1.165) is 11.3 Å². The highest BCUT2D eigenvalue weighted by Gasteiger charge is 2.16. The summed E-state index contributed by atoms with van der Waals surface area (Å²) >= 11 is 1.36. The first-order valence-electron chi connectivity index (χ1n) is 7.15. The SMILES string of the molecule is CCc1ccc(C(=O)COC(=O)COc2ccccc2[N+](=O)[O-])s1. The lowest BCUT2D eigenvalue weighted by atomic mass is 10.3. The molecule has 8 heteroatoms. The Morgan fingerprint density at radius 1 is 1.17 bits per heavy atom. The number of para-hydroxylation sites is 2. The average molecular weight is 349 g/mol. The normalized spacial score (nSPS) is 10.2. The van der Waals surface area contributed by atoms with E-state index in [1.54, 1.807) is 12.1 Å². The average Bonchev–Trinajstić information content (AvgIpc) is 3.07. The molecular formula is C16H15NO6S. The molecule has 24 heavy (non-hydrogen) atoms. The van der Waals surface area contributed by atoms with Crippen molar-refractivity contribution in [3.63, 3.8) is 0 Å². The molecule has 126 valence electrons. The van der Waals surface area contributed by atoms with Crippen LogP contribution >= 0.6 is 11.3 Å². The van der Waals surface area contributed by atoms with Gasteiger partial charge in [0.25, 0.3) is 0 Å². The van der Waals surface area contributed by atoms with E-state index in [9.17, 15) is 19.7 Å². The van der Waals surface area contributed by atoms with E-state index < -0.39 is 17.5 Å². The molecule has 0 aliphatic carbocycles. The van der Waals surface area contributed by atoms with Gasteiger partial charge in [0.05, 0.1) is 9.80 Å². The fraction of sp³-hybridized carbons (Fsp3) is 0.250. The summed E-state index contributed by atoms with van der Waals surface area (Å²) in [6.45, 7) is 1.09. The zero-order valence-corrected chi connectivity index (χ0v) is 13.7. The first kappa shape index (κ1) is 17.6. The number of ketones is 1. The summed E-state index contributed by atoms with van der Waals surface area (Å²) in [7, 11) is 0. The fourth-order valence-corrected chi connectivity index (χ4v) is 2.72. The maximum absolute atomic E-state index is 11.9. The summed E-state index contributed by atoms with van der Waals surface area (Å²) in [4.78, 5) is 35.4. The molecule has 2 aromatic rings. The van der Waals surface area contributed by atoms with Crippen molar-refractivity contribution >= 4 is 28.8 Å². The van der Waals surface area contributed by atoms with Crippen LogP contribution in [0.2, 0.25) is 0 Å². The second kappa shape index (κ2) is 8.21. The Labute approximate surface area is 142 Å². The lowest BCUT2D eigenvalue weighted by molar-refractivity contribution is -0.385. The first-order valence-corrected chi connectivity index (χ1v) is 7.96. The number of nitrogens with zero attached hydrogens (tertiary/aromatic N) is 1. The molecule has 0 saturated heterocycles. The highest BCUT2D eigenvalue weighted by Crippen LogP contribution is 2.25. The van der Waals surface area contributed by atoms with E-state index >= 15 is 0 Å². The molecular weight excluding hydrogens is 334 g/mol. The van der Waals surface area contributed by atoms with Gasteiger partial charge in [-0.3, -0.25) is 14.9 Å². The van der Waals surface area contributed by atoms with Gasteiger partial charge in [-0.25, -0.2) is 4.79 Å². The molecule has 1 aromatic heterocycles. The van der Waals surface area contributed by atoms with Crippen molar-refractivity contribution in [1.29, 1.82) is 0 Å². The van der Waals surface area contributed by atoms with Gasteiger partial charge in [-0.2, -0.15) is 0 Å². The number of carbonyl (C=O) groups is 2. The number of esters is 1. The molecule has 0 atom stereocenters. The number of nitro groups is 1. The number of rotatable bonds is 8. The highest BCUT2D eigenvalue weighted by molar-refractivity contribution is 7.14. The van der Waals surface area contributed by atoms with Gasteiger partial charge in [0.2, 0.25) is 5.78 Å². The number of Topliss-reactive ketones (excluding diaryl/α,β-unsaturated/α-hetero) is 1. The van der Waals surface area contributed by atoms with Gasteiger partial charge in [-0.15, -0.1) is 11.3 Å². The number of benzene rings is 1. The second-order valence-corrected chi connectivity index (χ2v) is 5.89. The minimum absolute atomic E-state index is 0.0309. The Balaban J connectivity index is 1.83. The van der Waals surface area contributed by atoms with Crippen LogP contribution in [0.1, 0.15) is 21.5 Å². The molecule has 1 heterocycles. The highest BCUT2D eigenvalue weighted by atomic mass is 32.1. The largest absolute Gasteiger partial charge is 0.475 e. The van der Waals surface area contributed by atoms with Crippen molar-refractivity contribution in [2.75, 3.05) is 13.2 Å². The van der Waals surface area contributed by atoms with Crippen LogP contribution in [0, 0.1) is 10.1 Å². The molecule has 1 aromatic carbocycles. The van der Waals surface area contributed by atoms with Crippen molar-refractivity contribution in [2.24, 2.45) is 0 Å². The predicted octanol–water partition coefficient (Wildman–Crippen LogP) is 3.02. The third-order valence-electron chi connectivity index (χ3n) is 3.06. The zero-order valence-electron chi connectivity index (χ0n) is 12.9. The van der Waals surface area contributed by atoms with E-state index in [2.05, 4.69) is 0 Å². The Bertz CT molecular complexity index is 755. The van der Waals surface area contributed by atoms with Crippen LogP contribution in [0.3, 0.4) is 0 Å². The van der Waals surface area contributed by atoms with Crippen molar-refractivity contribution in [1.82, 2.24) is 0 Å². The van der Waals surface area contributed by atoms with Gasteiger partial charge in [0.15, 0.2) is 19.0 Å². The van der Waals surface area contributed by atoms with Crippen molar-refractivity contribution in [3.05, 3.63) is 56.3 Å². The van der Waals surface area contributed by atoms with E-state index in [0.29, 0.717) is 4.88 Å². The van der Waals surface area contributed by atoms with E-state index in [1.165, 1.54) is 29.5 Å². The Kier molecular flexibility index (Phi) is 6.02. The Morgan fingerprint density at radius 2 is 1.92 bits per heavy atom. The summed E-state index contributed by atoms with van der Waals surface area (Å²) in [6, 6.07) is 9.26. The second-order valence-electron chi connectivity index (χ2n) is 4.72. The molecule has 2 rings (SSSR count). The van der Waals surface area contributed by atoms with E-state index in [4.69, 9.17) is 9.47 Å². The van der Waals surface area contributed by atoms with Crippen molar-refractivity contribution in [2.45, 2.75) is 13.3 Å². The minimum Gasteiger partial charge on any atom is -0.475 e. The maximum atomic E-state index is 11.9. The van der Waals surface area contributed by atoms with Crippen LogP contribution in [-0.4, -0.2) is 29.9 Å². The van der Waals surface area contributed by atoms with Crippen LogP contribution in [0.15, 0.2) is 36.4 Å². The molecule has 0 bridgehead atoms. The summed E-state index contributed by atoms with van der Waals surface area (Å²) in [6.07, 6.45) is 0.835.